The Morgan fingerprint density at radius 1 is 1.47 bits per heavy atom. The van der Waals surface area contributed by atoms with Crippen molar-refractivity contribution in [3.05, 3.63) is 35.6 Å². The number of halogens is 2. The molecule has 0 radical (unpaired) electrons. The zero-order valence-electron chi connectivity index (χ0n) is 9.81. The van der Waals surface area contributed by atoms with Crippen LogP contribution in [0.4, 0.5) is 4.39 Å². The molecule has 0 heterocycles. The fourth-order valence-electron chi connectivity index (χ4n) is 1.52. The highest BCUT2D eigenvalue weighted by Gasteiger charge is 2.18. The van der Waals surface area contributed by atoms with Crippen molar-refractivity contribution in [2.75, 3.05) is 0 Å². The molecule has 96 valence electrons. The molecule has 1 unspecified atom stereocenters. The zero-order valence-corrected chi connectivity index (χ0v) is 10.6. The lowest BCUT2D eigenvalue weighted by atomic mass is 10.1. The number of hydrogen-bond donors (Lipinski definition) is 2. The van der Waals surface area contributed by atoms with Gasteiger partial charge in [0.25, 0.3) is 0 Å². The van der Waals surface area contributed by atoms with E-state index in [0.29, 0.717) is 5.56 Å². The predicted molar refractivity (Wildman–Crippen MR) is 67.0 cm³/mol. The highest BCUT2D eigenvalue weighted by Crippen LogP contribution is 2.07. The molecular weight excluding hydrogens is 245 g/mol. The van der Waals surface area contributed by atoms with Gasteiger partial charge in [0.2, 0.25) is 0 Å². The van der Waals surface area contributed by atoms with Crippen LogP contribution in [0.3, 0.4) is 0 Å². The molecule has 0 spiro atoms. The molecule has 0 fully saturated rings. The van der Waals surface area contributed by atoms with Gasteiger partial charge in [-0.15, -0.1) is 12.4 Å². The molecule has 3 nitrogen and oxygen atoms in total. The lowest BCUT2D eigenvalue weighted by Gasteiger charge is -2.17. The van der Waals surface area contributed by atoms with E-state index in [2.05, 4.69) is 5.32 Å². The Balaban J connectivity index is 0.00000256. The predicted octanol–water partition coefficient (Wildman–Crippen LogP) is 2.24. The van der Waals surface area contributed by atoms with Crippen LogP contribution < -0.4 is 5.32 Å². The van der Waals surface area contributed by atoms with Gasteiger partial charge in [0.05, 0.1) is 0 Å². The van der Waals surface area contributed by atoms with Crippen LogP contribution in [0.1, 0.15) is 19.4 Å². The van der Waals surface area contributed by atoms with Crippen LogP contribution in [0.5, 0.6) is 0 Å². The molecule has 0 aliphatic rings. The molecule has 0 saturated carbocycles. The van der Waals surface area contributed by atoms with Crippen LogP contribution in [-0.4, -0.2) is 23.2 Å². The number of rotatable bonds is 5. The minimum absolute atomic E-state index is 0. The fraction of sp³-hybridized carbons (Fsp3) is 0.417. The van der Waals surface area contributed by atoms with Crippen LogP contribution >= 0.6 is 12.4 Å². The largest absolute Gasteiger partial charge is 0.480 e. The first-order valence-corrected chi connectivity index (χ1v) is 5.22. The maximum Gasteiger partial charge on any atom is 0.321 e. The molecule has 0 aliphatic heterocycles. The Morgan fingerprint density at radius 3 is 2.59 bits per heavy atom. The quantitative estimate of drug-likeness (QED) is 0.855. The summed E-state index contributed by atoms with van der Waals surface area (Å²) in [5.41, 5.74) is 0.681. The average Bonchev–Trinajstić information content (AvgIpc) is 2.15. The Kier molecular flexibility index (Phi) is 6.76. The van der Waals surface area contributed by atoms with Crippen molar-refractivity contribution >= 4 is 18.4 Å². The molecule has 1 aromatic rings. The first-order chi connectivity index (χ1) is 7.49. The monoisotopic (exact) mass is 261 g/mol. The van der Waals surface area contributed by atoms with E-state index in [9.17, 15) is 9.18 Å². The van der Waals surface area contributed by atoms with Gasteiger partial charge in [-0.3, -0.25) is 4.79 Å². The van der Waals surface area contributed by atoms with Crippen molar-refractivity contribution in [3.8, 4) is 0 Å². The van der Waals surface area contributed by atoms with Gasteiger partial charge in [0.15, 0.2) is 0 Å². The molecule has 17 heavy (non-hydrogen) atoms. The van der Waals surface area contributed by atoms with Crippen molar-refractivity contribution in [3.63, 3.8) is 0 Å². The van der Waals surface area contributed by atoms with Crippen LogP contribution in [-0.2, 0) is 11.2 Å². The maximum atomic E-state index is 12.9. The molecule has 1 atom stereocenters. The molecule has 1 aromatic carbocycles. The molecule has 1 rings (SSSR count). The number of carbonyl (C=O) groups is 1. The lowest BCUT2D eigenvalue weighted by Crippen LogP contribution is -2.42. The summed E-state index contributed by atoms with van der Waals surface area (Å²) >= 11 is 0. The van der Waals surface area contributed by atoms with E-state index in [1.54, 1.807) is 12.1 Å². The summed E-state index contributed by atoms with van der Waals surface area (Å²) in [6.45, 7) is 3.75. The van der Waals surface area contributed by atoms with Gasteiger partial charge in [-0.25, -0.2) is 4.39 Å². The summed E-state index contributed by atoms with van der Waals surface area (Å²) in [7, 11) is 0. The second-order valence-corrected chi connectivity index (χ2v) is 4.05. The number of carboxylic acids is 1. The normalized spacial score (nSPS) is 12.0. The summed E-state index contributed by atoms with van der Waals surface area (Å²) in [6, 6.07) is 5.41. The average molecular weight is 262 g/mol. The van der Waals surface area contributed by atoms with Gasteiger partial charge in [0.1, 0.15) is 11.9 Å². The first kappa shape index (κ1) is 15.9. The van der Waals surface area contributed by atoms with Gasteiger partial charge in [-0.05, 0) is 24.1 Å². The third-order valence-electron chi connectivity index (χ3n) is 2.16. The molecular formula is C12H17ClFNO2. The number of nitrogens with one attached hydrogen (secondary N) is 1. The zero-order chi connectivity index (χ0) is 12.1. The van der Waals surface area contributed by atoms with E-state index in [0.717, 1.165) is 0 Å². The number of aliphatic carboxylic acids is 1. The van der Waals surface area contributed by atoms with Gasteiger partial charge < -0.3 is 10.4 Å². The van der Waals surface area contributed by atoms with Crippen molar-refractivity contribution in [2.45, 2.75) is 32.4 Å². The van der Waals surface area contributed by atoms with Crippen molar-refractivity contribution in [1.29, 1.82) is 0 Å². The van der Waals surface area contributed by atoms with Crippen molar-refractivity contribution in [2.24, 2.45) is 0 Å². The van der Waals surface area contributed by atoms with Crippen molar-refractivity contribution in [1.82, 2.24) is 5.32 Å². The summed E-state index contributed by atoms with van der Waals surface area (Å²) in [5.74, 6) is -1.26. The van der Waals surface area contributed by atoms with E-state index >= 15 is 0 Å². The van der Waals surface area contributed by atoms with E-state index in [-0.39, 0.29) is 30.7 Å². The standard InChI is InChI=1S/C12H16FNO2.ClH/c1-8(2)14-11(12(15)16)7-9-4-3-5-10(13)6-9;/h3-6,8,11,14H,7H2,1-2H3,(H,15,16);1H. The van der Waals surface area contributed by atoms with Gasteiger partial charge in [-0.1, -0.05) is 26.0 Å². The summed E-state index contributed by atoms with van der Waals surface area (Å²) in [4.78, 5) is 11.0. The van der Waals surface area contributed by atoms with Gasteiger partial charge in [0, 0.05) is 6.04 Å². The maximum absolute atomic E-state index is 12.9. The first-order valence-electron chi connectivity index (χ1n) is 5.22. The second-order valence-electron chi connectivity index (χ2n) is 4.05. The van der Waals surface area contributed by atoms with E-state index in [1.807, 2.05) is 13.8 Å². The summed E-state index contributed by atoms with van der Waals surface area (Å²) in [5, 5.41) is 11.9. The molecule has 0 aliphatic carbocycles. The smallest absolute Gasteiger partial charge is 0.321 e. The second kappa shape index (κ2) is 7.25. The molecule has 0 amide bonds. The van der Waals surface area contributed by atoms with E-state index < -0.39 is 12.0 Å². The molecule has 0 saturated heterocycles. The Labute approximate surface area is 106 Å². The Morgan fingerprint density at radius 2 is 2.12 bits per heavy atom. The van der Waals surface area contributed by atoms with Gasteiger partial charge in [-0.2, -0.15) is 0 Å². The molecule has 2 N–H and O–H groups in total. The Hall–Kier alpha value is -1.13. The van der Waals surface area contributed by atoms with E-state index in [4.69, 9.17) is 5.11 Å². The van der Waals surface area contributed by atoms with Gasteiger partial charge >= 0.3 is 5.97 Å². The third-order valence-corrected chi connectivity index (χ3v) is 2.16. The molecule has 5 heteroatoms. The number of hydrogen-bond acceptors (Lipinski definition) is 2. The third kappa shape index (κ3) is 5.65. The van der Waals surface area contributed by atoms with E-state index in [1.165, 1.54) is 12.1 Å². The van der Waals surface area contributed by atoms with Crippen LogP contribution in [0, 0.1) is 5.82 Å². The number of carboxylic acid groups (broad SMARTS) is 1. The summed E-state index contributed by atoms with van der Waals surface area (Å²) < 4.78 is 12.9. The van der Waals surface area contributed by atoms with Crippen LogP contribution in [0.15, 0.2) is 24.3 Å². The highest BCUT2D eigenvalue weighted by molar-refractivity contribution is 5.85. The highest BCUT2D eigenvalue weighted by atomic mass is 35.5. The SMILES string of the molecule is CC(C)NC(Cc1cccc(F)c1)C(=O)O.Cl. The molecule has 0 aromatic heterocycles. The lowest BCUT2D eigenvalue weighted by molar-refractivity contribution is -0.139. The number of benzene rings is 1. The molecule has 0 bridgehead atoms. The summed E-state index contributed by atoms with van der Waals surface area (Å²) in [6.07, 6.45) is 0.283. The van der Waals surface area contributed by atoms with Crippen LogP contribution in [0.2, 0.25) is 0 Å². The minimum atomic E-state index is -0.919. The van der Waals surface area contributed by atoms with Crippen molar-refractivity contribution < 1.29 is 14.3 Å². The Bertz CT molecular complexity index is 371. The van der Waals surface area contributed by atoms with Crippen LogP contribution in [0.25, 0.3) is 0 Å². The topological polar surface area (TPSA) is 49.3 Å². The minimum Gasteiger partial charge on any atom is -0.480 e. The fourth-order valence-corrected chi connectivity index (χ4v) is 1.52.